The molecule has 0 atom stereocenters. The monoisotopic (exact) mass is 272 g/mol. The molecule has 0 saturated heterocycles. The molecule has 1 heterocycles. The number of thioether (sulfide) groups is 1. The summed E-state index contributed by atoms with van der Waals surface area (Å²) in [5.74, 6) is 0.205. The van der Waals surface area contributed by atoms with E-state index in [2.05, 4.69) is 25.0 Å². The van der Waals surface area contributed by atoms with Crippen LogP contribution in [0.1, 0.15) is 13.8 Å². The summed E-state index contributed by atoms with van der Waals surface area (Å²) >= 11 is 1.17. The number of ether oxygens (including phenoxy) is 2. The summed E-state index contributed by atoms with van der Waals surface area (Å²) < 4.78 is 9.94. The van der Waals surface area contributed by atoms with Crippen LogP contribution in [0.3, 0.4) is 0 Å². The van der Waals surface area contributed by atoms with Crippen LogP contribution in [0.4, 0.5) is 5.95 Å². The van der Waals surface area contributed by atoms with E-state index in [4.69, 9.17) is 4.74 Å². The number of carbonyl (C=O) groups is 1. The van der Waals surface area contributed by atoms with Gasteiger partial charge in [-0.15, -0.1) is 0 Å². The van der Waals surface area contributed by atoms with Crippen molar-refractivity contribution in [2.24, 2.45) is 0 Å². The highest BCUT2D eigenvalue weighted by Crippen LogP contribution is 2.18. The van der Waals surface area contributed by atoms with E-state index in [0.29, 0.717) is 11.1 Å². The van der Waals surface area contributed by atoms with Crippen LogP contribution in [-0.4, -0.2) is 46.9 Å². The molecular weight excluding hydrogens is 256 g/mol. The zero-order chi connectivity index (χ0) is 13.5. The van der Waals surface area contributed by atoms with Gasteiger partial charge in [0.15, 0.2) is 5.16 Å². The van der Waals surface area contributed by atoms with Gasteiger partial charge in [0, 0.05) is 7.05 Å². The minimum atomic E-state index is -0.335. The highest BCUT2D eigenvalue weighted by Gasteiger charge is 2.10. The molecule has 0 fully saturated rings. The molecule has 1 rings (SSSR count). The van der Waals surface area contributed by atoms with E-state index in [9.17, 15) is 4.79 Å². The predicted molar refractivity (Wildman–Crippen MR) is 67.9 cm³/mol. The Morgan fingerprint density at radius 1 is 1.39 bits per heavy atom. The van der Waals surface area contributed by atoms with Crippen molar-refractivity contribution in [1.82, 2.24) is 15.0 Å². The lowest BCUT2D eigenvalue weighted by atomic mass is 10.5. The van der Waals surface area contributed by atoms with Crippen molar-refractivity contribution < 1.29 is 14.3 Å². The number of esters is 1. The van der Waals surface area contributed by atoms with Gasteiger partial charge in [-0.2, -0.15) is 15.0 Å². The summed E-state index contributed by atoms with van der Waals surface area (Å²) in [5, 5.41) is 3.22. The number of methoxy groups -OCH3 is 1. The van der Waals surface area contributed by atoms with Crippen molar-refractivity contribution in [2.45, 2.75) is 25.1 Å². The number of hydrogen-bond donors (Lipinski definition) is 1. The van der Waals surface area contributed by atoms with Crippen LogP contribution in [0.25, 0.3) is 0 Å². The number of anilines is 1. The highest BCUT2D eigenvalue weighted by atomic mass is 32.2. The maximum Gasteiger partial charge on any atom is 0.322 e. The van der Waals surface area contributed by atoms with Crippen molar-refractivity contribution in [1.29, 1.82) is 0 Å². The van der Waals surface area contributed by atoms with Gasteiger partial charge < -0.3 is 14.8 Å². The maximum atomic E-state index is 11.0. The van der Waals surface area contributed by atoms with E-state index in [1.807, 2.05) is 13.8 Å². The Morgan fingerprint density at radius 2 is 2.11 bits per heavy atom. The van der Waals surface area contributed by atoms with Gasteiger partial charge >= 0.3 is 12.0 Å². The molecule has 0 aliphatic carbocycles. The van der Waals surface area contributed by atoms with Crippen LogP contribution < -0.4 is 10.1 Å². The van der Waals surface area contributed by atoms with Gasteiger partial charge in [0.25, 0.3) is 0 Å². The summed E-state index contributed by atoms with van der Waals surface area (Å²) in [6, 6.07) is 0.233. The lowest BCUT2D eigenvalue weighted by Crippen LogP contribution is -2.11. The first-order chi connectivity index (χ1) is 8.55. The summed E-state index contributed by atoms with van der Waals surface area (Å²) in [4.78, 5) is 23.3. The normalized spacial score (nSPS) is 10.3. The van der Waals surface area contributed by atoms with Gasteiger partial charge in [0.05, 0.1) is 19.0 Å². The van der Waals surface area contributed by atoms with Crippen molar-refractivity contribution in [3.63, 3.8) is 0 Å². The third kappa shape index (κ3) is 4.74. The highest BCUT2D eigenvalue weighted by molar-refractivity contribution is 7.99. The lowest BCUT2D eigenvalue weighted by Gasteiger charge is -2.09. The SMILES string of the molecule is CNc1nc(OC(C)C)nc(SCC(=O)OC)n1. The van der Waals surface area contributed by atoms with Gasteiger partial charge in [0.1, 0.15) is 0 Å². The molecule has 0 spiro atoms. The molecule has 0 amide bonds. The van der Waals surface area contributed by atoms with Gasteiger partial charge in [0.2, 0.25) is 5.95 Å². The first-order valence-corrected chi connectivity index (χ1v) is 6.33. The van der Waals surface area contributed by atoms with Gasteiger partial charge in [-0.1, -0.05) is 11.8 Å². The summed E-state index contributed by atoms with van der Waals surface area (Å²) in [5.41, 5.74) is 0. The smallest absolute Gasteiger partial charge is 0.322 e. The molecule has 0 unspecified atom stereocenters. The second-order valence-corrected chi connectivity index (χ2v) is 4.45. The van der Waals surface area contributed by atoms with Crippen LogP contribution in [-0.2, 0) is 9.53 Å². The van der Waals surface area contributed by atoms with Gasteiger partial charge in [-0.3, -0.25) is 4.79 Å². The Bertz CT molecular complexity index is 414. The molecule has 7 nitrogen and oxygen atoms in total. The number of aromatic nitrogens is 3. The molecule has 0 bridgehead atoms. The number of rotatable bonds is 6. The Balaban J connectivity index is 2.79. The van der Waals surface area contributed by atoms with Crippen LogP contribution in [0, 0.1) is 0 Å². The van der Waals surface area contributed by atoms with Gasteiger partial charge in [-0.05, 0) is 13.8 Å². The van der Waals surface area contributed by atoms with E-state index < -0.39 is 0 Å². The fourth-order valence-corrected chi connectivity index (χ4v) is 1.62. The van der Waals surface area contributed by atoms with Crippen molar-refractivity contribution in [2.75, 3.05) is 25.2 Å². The summed E-state index contributed by atoms with van der Waals surface area (Å²) in [6.07, 6.45) is -0.0319. The standard InChI is InChI=1S/C10H16N4O3S/c1-6(2)17-9-12-8(11-3)13-10(14-9)18-5-7(15)16-4/h6H,5H2,1-4H3,(H,11,12,13,14). The second kappa shape index (κ2) is 7.00. The minimum absolute atomic E-state index is 0.0319. The fraction of sp³-hybridized carbons (Fsp3) is 0.600. The average Bonchev–Trinajstić information content (AvgIpc) is 2.34. The van der Waals surface area contributed by atoms with Crippen molar-refractivity contribution >= 4 is 23.7 Å². The molecule has 1 aromatic heterocycles. The molecular formula is C10H16N4O3S. The van der Waals surface area contributed by atoms with Crippen LogP contribution in [0.5, 0.6) is 6.01 Å². The molecule has 1 aromatic rings. The van der Waals surface area contributed by atoms with E-state index in [-0.39, 0.29) is 23.8 Å². The number of nitrogens with zero attached hydrogens (tertiary/aromatic N) is 3. The third-order valence-corrected chi connectivity index (χ3v) is 2.53. The fourth-order valence-electron chi connectivity index (χ4n) is 0.960. The molecule has 0 aliphatic heterocycles. The van der Waals surface area contributed by atoms with Crippen LogP contribution in [0.2, 0.25) is 0 Å². The zero-order valence-corrected chi connectivity index (χ0v) is 11.6. The van der Waals surface area contributed by atoms with E-state index >= 15 is 0 Å². The maximum absolute atomic E-state index is 11.0. The van der Waals surface area contributed by atoms with E-state index in [1.165, 1.54) is 18.9 Å². The van der Waals surface area contributed by atoms with Gasteiger partial charge in [-0.25, -0.2) is 0 Å². The molecule has 8 heteroatoms. The zero-order valence-electron chi connectivity index (χ0n) is 10.8. The average molecular weight is 272 g/mol. The number of nitrogens with one attached hydrogen (secondary N) is 1. The molecule has 0 aliphatic rings. The summed E-state index contributed by atoms with van der Waals surface area (Å²) in [6.45, 7) is 3.76. The van der Waals surface area contributed by atoms with E-state index in [1.54, 1.807) is 7.05 Å². The largest absolute Gasteiger partial charge is 0.468 e. The molecule has 0 radical (unpaired) electrons. The third-order valence-electron chi connectivity index (χ3n) is 1.71. The Kier molecular flexibility index (Phi) is 5.63. The molecule has 1 N–H and O–H groups in total. The number of carbonyl (C=O) groups excluding carboxylic acids is 1. The molecule has 18 heavy (non-hydrogen) atoms. The minimum Gasteiger partial charge on any atom is -0.468 e. The number of hydrogen-bond acceptors (Lipinski definition) is 8. The summed E-state index contributed by atoms with van der Waals surface area (Å²) in [7, 11) is 3.03. The molecule has 0 saturated carbocycles. The Hall–Kier alpha value is -1.57. The quantitative estimate of drug-likeness (QED) is 0.605. The van der Waals surface area contributed by atoms with Crippen LogP contribution in [0.15, 0.2) is 5.16 Å². The predicted octanol–water partition coefficient (Wildman–Crippen LogP) is 0.966. The topological polar surface area (TPSA) is 86.2 Å². The lowest BCUT2D eigenvalue weighted by molar-refractivity contribution is -0.137. The first-order valence-electron chi connectivity index (χ1n) is 5.35. The van der Waals surface area contributed by atoms with E-state index in [0.717, 1.165) is 0 Å². The molecule has 100 valence electrons. The Labute approximate surface area is 110 Å². The molecule has 0 aromatic carbocycles. The second-order valence-electron chi connectivity index (χ2n) is 3.51. The Morgan fingerprint density at radius 3 is 2.67 bits per heavy atom. The first kappa shape index (κ1) is 14.5. The van der Waals surface area contributed by atoms with Crippen LogP contribution >= 0.6 is 11.8 Å². The van der Waals surface area contributed by atoms with Crippen molar-refractivity contribution in [3.05, 3.63) is 0 Å². The van der Waals surface area contributed by atoms with Crippen molar-refractivity contribution in [3.8, 4) is 6.01 Å².